The maximum Gasteiger partial charge on any atom is 0.303 e. The van der Waals surface area contributed by atoms with E-state index in [2.05, 4.69) is 29.5 Å². The number of hydrogen-bond donors (Lipinski definition) is 3. The number of hydrogen-bond acceptors (Lipinski definition) is 4. The van der Waals surface area contributed by atoms with Gasteiger partial charge in [-0.05, 0) is 43.0 Å². The second-order valence-electron chi connectivity index (χ2n) is 5.71. The number of carbonyl (C=O) groups is 2. The van der Waals surface area contributed by atoms with Crippen LogP contribution >= 0.6 is 0 Å². The molecule has 0 unspecified atom stereocenters. The molecule has 0 saturated heterocycles. The van der Waals surface area contributed by atoms with Gasteiger partial charge in [0.05, 0.1) is 6.04 Å². The lowest BCUT2D eigenvalue weighted by atomic mass is 10.0. The molecule has 22 heavy (non-hydrogen) atoms. The number of amides is 1. The van der Waals surface area contributed by atoms with Crippen LogP contribution in [0.4, 0.5) is 0 Å². The molecule has 1 atom stereocenters. The molecule has 1 aromatic rings. The van der Waals surface area contributed by atoms with E-state index in [1.807, 2.05) is 12.1 Å². The van der Waals surface area contributed by atoms with Crippen LogP contribution in [-0.2, 0) is 16.1 Å². The number of rotatable bonds is 10. The number of aromatic nitrogens is 1. The van der Waals surface area contributed by atoms with Gasteiger partial charge >= 0.3 is 5.97 Å². The van der Waals surface area contributed by atoms with Gasteiger partial charge in [0.2, 0.25) is 5.91 Å². The summed E-state index contributed by atoms with van der Waals surface area (Å²) in [5, 5.41) is 14.7. The molecular formula is C16H25N3O3. The summed E-state index contributed by atoms with van der Waals surface area (Å²) in [5.74, 6) is -0.492. The Labute approximate surface area is 131 Å². The first-order valence-electron chi connectivity index (χ1n) is 7.61. The van der Waals surface area contributed by atoms with Crippen molar-refractivity contribution in [2.75, 3.05) is 6.54 Å². The van der Waals surface area contributed by atoms with Gasteiger partial charge in [-0.1, -0.05) is 13.8 Å². The Morgan fingerprint density at radius 2 is 1.95 bits per heavy atom. The van der Waals surface area contributed by atoms with Crippen molar-refractivity contribution in [3.8, 4) is 0 Å². The minimum atomic E-state index is -0.815. The number of pyridine rings is 1. The predicted molar refractivity (Wildman–Crippen MR) is 84.2 cm³/mol. The molecule has 6 nitrogen and oxygen atoms in total. The van der Waals surface area contributed by atoms with Crippen LogP contribution in [0.15, 0.2) is 24.5 Å². The number of carboxylic acid groups (broad SMARTS) is 1. The highest BCUT2D eigenvalue weighted by atomic mass is 16.4. The van der Waals surface area contributed by atoms with E-state index in [0.29, 0.717) is 25.4 Å². The zero-order valence-corrected chi connectivity index (χ0v) is 13.2. The summed E-state index contributed by atoms with van der Waals surface area (Å²) >= 11 is 0. The molecule has 1 rings (SSSR count). The van der Waals surface area contributed by atoms with E-state index in [1.165, 1.54) is 0 Å². The number of aliphatic carboxylic acids is 1. The molecule has 6 heteroatoms. The summed E-state index contributed by atoms with van der Waals surface area (Å²) < 4.78 is 0. The fourth-order valence-electron chi connectivity index (χ4n) is 2.08. The highest BCUT2D eigenvalue weighted by Gasteiger charge is 2.18. The van der Waals surface area contributed by atoms with Crippen LogP contribution in [0.3, 0.4) is 0 Å². The first kappa shape index (κ1) is 18.1. The molecule has 0 saturated carbocycles. The van der Waals surface area contributed by atoms with E-state index < -0.39 is 5.97 Å². The first-order valence-corrected chi connectivity index (χ1v) is 7.61. The third kappa shape index (κ3) is 7.73. The lowest BCUT2D eigenvalue weighted by molar-refractivity contribution is -0.137. The van der Waals surface area contributed by atoms with E-state index in [0.717, 1.165) is 12.0 Å². The monoisotopic (exact) mass is 307 g/mol. The van der Waals surface area contributed by atoms with Crippen molar-refractivity contribution in [3.63, 3.8) is 0 Å². The normalized spacial score (nSPS) is 12.1. The lowest BCUT2D eigenvalue weighted by Gasteiger charge is -2.20. The fourth-order valence-corrected chi connectivity index (χ4v) is 2.08. The average Bonchev–Trinajstić information content (AvgIpc) is 2.48. The number of nitrogens with zero attached hydrogens (tertiary/aromatic N) is 1. The number of carbonyl (C=O) groups excluding carboxylic acids is 1. The zero-order valence-electron chi connectivity index (χ0n) is 13.2. The molecule has 0 radical (unpaired) electrons. The molecule has 122 valence electrons. The summed E-state index contributed by atoms with van der Waals surface area (Å²) in [7, 11) is 0. The molecule has 0 aliphatic carbocycles. The minimum absolute atomic E-state index is 0.0548. The Morgan fingerprint density at radius 3 is 2.55 bits per heavy atom. The van der Waals surface area contributed by atoms with Crippen molar-refractivity contribution in [2.45, 2.75) is 45.7 Å². The van der Waals surface area contributed by atoms with Crippen LogP contribution in [0.5, 0.6) is 0 Å². The van der Waals surface area contributed by atoms with Gasteiger partial charge in [-0.15, -0.1) is 0 Å². The summed E-state index contributed by atoms with van der Waals surface area (Å²) in [6.45, 7) is 5.10. The van der Waals surface area contributed by atoms with E-state index >= 15 is 0 Å². The van der Waals surface area contributed by atoms with Crippen molar-refractivity contribution in [3.05, 3.63) is 30.1 Å². The van der Waals surface area contributed by atoms with Crippen LogP contribution in [0.2, 0.25) is 0 Å². The fraction of sp³-hybridized carbons (Fsp3) is 0.562. The smallest absolute Gasteiger partial charge is 0.303 e. The van der Waals surface area contributed by atoms with Gasteiger partial charge in [0.1, 0.15) is 0 Å². The van der Waals surface area contributed by atoms with Crippen LogP contribution in [-0.4, -0.2) is 34.6 Å². The van der Waals surface area contributed by atoms with Gasteiger partial charge < -0.3 is 15.7 Å². The van der Waals surface area contributed by atoms with Gasteiger partial charge in [-0.3, -0.25) is 14.6 Å². The number of nitrogens with one attached hydrogen (secondary N) is 2. The number of carboxylic acids is 1. The SMILES string of the molecule is CC(C)C[C@H](NCCCC(=O)O)C(=O)NCc1ccncc1. The van der Waals surface area contributed by atoms with Crippen molar-refractivity contribution in [1.82, 2.24) is 15.6 Å². The van der Waals surface area contributed by atoms with Gasteiger partial charge in [0.15, 0.2) is 0 Å². The highest BCUT2D eigenvalue weighted by molar-refractivity contribution is 5.81. The molecule has 0 fully saturated rings. The second kappa shape index (κ2) is 9.89. The Hall–Kier alpha value is -1.95. The summed E-state index contributed by atoms with van der Waals surface area (Å²) in [4.78, 5) is 26.7. The molecule has 1 aromatic heterocycles. The Kier molecular flexibility index (Phi) is 8.14. The van der Waals surface area contributed by atoms with E-state index in [-0.39, 0.29) is 18.4 Å². The predicted octanol–water partition coefficient (Wildman–Crippen LogP) is 1.57. The van der Waals surface area contributed by atoms with Crippen molar-refractivity contribution >= 4 is 11.9 Å². The van der Waals surface area contributed by atoms with Crippen LogP contribution in [0, 0.1) is 5.92 Å². The third-order valence-electron chi connectivity index (χ3n) is 3.20. The molecule has 0 aliphatic rings. The Morgan fingerprint density at radius 1 is 1.27 bits per heavy atom. The molecule has 0 bridgehead atoms. The largest absolute Gasteiger partial charge is 0.481 e. The second-order valence-corrected chi connectivity index (χ2v) is 5.71. The van der Waals surface area contributed by atoms with E-state index in [4.69, 9.17) is 5.11 Å². The summed E-state index contributed by atoms with van der Waals surface area (Å²) in [5.41, 5.74) is 0.998. The van der Waals surface area contributed by atoms with Gasteiger partial charge in [0, 0.05) is 25.4 Å². The standard InChI is InChI=1S/C16H25N3O3/c1-12(2)10-14(18-7-3-4-15(20)21)16(22)19-11-13-5-8-17-9-6-13/h5-6,8-9,12,14,18H,3-4,7,10-11H2,1-2H3,(H,19,22)(H,20,21)/t14-/m0/s1. The molecule has 1 heterocycles. The quantitative estimate of drug-likeness (QED) is 0.571. The molecule has 3 N–H and O–H groups in total. The topological polar surface area (TPSA) is 91.3 Å². The highest BCUT2D eigenvalue weighted by Crippen LogP contribution is 2.06. The lowest BCUT2D eigenvalue weighted by Crippen LogP contribution is -2.45. The van der Waals surface area contributed by atoms with Crippen molar-refractivity contribution in [1.29, 1.82) is 0 Å². The summed E-state index contributed by atoms with van der Waals surface area (Å²) in [6, 6.07) is 3.42. The van der Waals surface area contributed by atoms with Crippen LogP contribution in [0.1, 0.15) is 38.7 Å². The van der Waals surface area contributed by atoms with Crippen LogP contribution < -0.4 is 10.6 Å². The van der Waals surface area contributed by atoms with Crippen LogP contribution in [0.25, 0.3) is 0 Å². The molecule has 0 spiro atoms. The zero-order chi connectivity index (χ0) is 16.4. The third-order valence-corrected chi connectivity index (χ3v) is 3.20. The minimum Gasteiger partial charge on any atom is -0.481 e. The van der Waals surface area contributed by atoms with E-state index in [1.54, 1.807) is 12.4 Å². The Bertz CT molecular complexity index is 463. The average molecular weight is 307 g/mol. The van der Waals surface area contributed by atoms with Gasteiger partial charge in [-0.25, -0.2) is 0 Å². The van der Waals surface area contributed by atoms with Gasteiger partial charge in [0.25, 0.3) is 0 Å². The molecule has 1 amide bonds. The summed E-state index contributed by atoms with van der Waals surface area (Å²) in [6.07, 6.45) is 4.73. The maximum absolute atomic E-state index is 12.3. The van der Waals surface area contributed by atoms with Crippen molar-refractivity contribution < 1.29 is 14.7 Å². The van der Waals surface area contributed by atoms with E-state index in [9.17, 15) is 9.59 Å². The maximum atomic E-state index is 12.3. The molecule has 0 aliphatic heterocycles. The first-order chi connectivity index (χ1) is 10.5. The molecule has 0 aromatic carbocycles. The van der Waals surface area contributed by atoms with Gasteiger partial charge in [-0.2, -0.15) is 0 Å². The Balaban J connectivity index is 2.43. The molecular weight excluding hydrogens is 282 g/mol. The van der Waals surface area contributed by atoms with Crippen molar-refractivity contribution in [2.24, 2.45) is 5.92 Å².